The molecule has 2 aromatic rings. The van der Waals surface area contributed by atoms with Crippen LogP contribution in [0.3, 0.4) is 0 Å². The van der Waals surface area contributed by atoms with Crippen LogP contribution in [0, 0.1) is 5.92 Å². The molecule has 1 aliphatic rings. The van der Waals surface area contributed by atoms with Crippen molar-refractivity contribution in [3.63, 3.8) is 0 Å². The fraction of sp³-hybridized carbons (Fsp3) is 0.294. The van der Waals surface area contributed by atoms with E-state index in [9.17, 15) is 13.2 Å². The van der Waals surface area contributed by atoms with Crippen molar-refractivity contribution < 1.29 is 18.3 Å². The lowest BCUT2D eigenvalue weighted by Gasteiger charge is -2.11. The summed E-state index contributed by atoms with van der Waals surface area (Å²) in [5, 5.41) is 8.87. The van der Waals surface area contributed by atoms with Crippen LogP contribution in [0.15, 0.2) is 47.6 Å². The number of aromatic nitrogens is 1. The van der Waals surface area contributed by atoms with E-state index < -0.39 is 16.0 Å². The second-order valence-electron chi connectivity index (χ2n) is 5.99. The molecule has 7 heteroatoms. The van der Waals surface area contributed by atoms with Gasteiger partial charge in [-0.15, -0.1) is 0 Å². The van der Waals surface area contributed by atoms with E-state index in [1.807, 2.05) is 18.2 Å². The smallest absolute Gasteiger partial charge is 0.307 e. The highest BCUT2D eigenvalue weighted by Gasteiger charge is 2.24. The Morgan fingerprint density at radius 2 is 2.04 bits per heavy atom. The molecule has 1 aromatic carbocycles. The first-order valence-corrected chi connectivity index (χ1v) is 9.14. The minimum absolute atomic E-state index is 0.00554. The van der Waals surface area contributed by atoms with E-state index in [4.69, 9.17) is 5.11 Å². The largest absolute Gasteiger partial charge is 0.481 e. The second-order valence-corrected chi connectivity index (χ2v) is 7.76. The molecule has 1 aliphatic carbocycles. The number of hydrogen-bond acceptors (Lipinski definition) is 4. The SMILES string of the molecule is O=C(O)Cc1ccc2c(c1)CC(CNS(=O)(=O)c1cccnc1)C2. The van der Waals surface area contributed by atoms with Crippen molar-refractivity contribution in [2.24, 2.45) is 5.92 Å². The summed E-state index contributed by atoms with van der Waals surface area (Å²) in [6, 6.07) is 8.79. The molecular formula is C17H18N2O4S. The number of sulfonamides is 1. The van der Waals surface area contributed by atoms with Crippen LogP contribution in [0.25, 0.3) is 0 Å². The summed E-state index contributed by atoms with van der Waals surface area (Å²) in [5.74, 6) is -0.680. The van der Waals surface area contributed by atoms with Gasteiger partial charge in [-0.25, -0.2) is 13.1 Å². The molecule has 1 heterocycles. The van der Waals surface area contributed by atoms with Gasteiger partial charge in [0.25, 0.3) is 0 Å². The minimum Gasteiger partial charge on any atom is -0.481 e. The Morgan fingerprint density at radius 3 is 2.75 bits per heavy atom. The predicted octanol–water partition coefficient (Wildman–Crippen LogP) is 1.40. The third-order valence-corrected chi connectivity index (χ3v) is 5.56. The van der Waals surface area contributed by atoms with Crippen molar-refractivity contribution in [1.29, 1.82) is 0 Å². The highest BCUT2D eigenvalue weighted by atomic mass is 32.2. The topological polar surface area (TPSA) is 96.4 Å². The monoisotopic (exact) mass is 346 g/mol. The van der Waals surface area contributed by atoms with Crippen LogP contribution in [0.2, 0.25) is 0 Å². The van der Waals surface area contributed by atoms with Gasteiger partial charge in [0.1, 0.15) is 4.90 Å². The lowest BCUT2D eigenvalue weighted by molar-refractivity contribution is -0.136. The molecule has 0 amide bonds. The van der Waals surface area contributed by atoms with Crippen molar-refractivity contribution in [3.8, 4) is 0 Å². The van der Waals surface area contributed by atoms with Crippen LogP contribution < -0.4 is 4.72 Å². The number of pyridine rings is 1. The van der Waals surface area contributed by atoms with Gasteiger partial charge in [0.05, 0.1) is 6.42 Å². The van der Waals surface area contributed by atoms with Gasteiger partial charge in [-0.05, 0) is 47.6 Å². The predicted molar refractivity (Wildman–Crippen MR) is 88.1 cm³/mol. The number of carbonyl (C=O) groups is 1. The summed E-state index contributed by atoms with van der Waals surface area (Å²) >= 11 is 0. The first-order valence-electron chi connectivity index (χ1n) is 7.66. The summed E-state index contributed by atoms with van der Waals surface area (Å²) in [6.45, 7) is 0.347. The van der Waals surface area contributed by atoms with Crippen LogP contribution in [-0.2, 0) is 34.1 Å². The zero-order chi connectivity index (χ0) is 17.2. The Labute approximate surface area is 140 Å². The standard InChI is InChI=1S/C17H18N2O4S/c20-17(21)9-12-3-4-14-7-13(8-15(14)6-12)10-19-24(22,23)16-2-1-5-18-11-16/h1-6,11,13,19H,7-10H2,(H,20,21). The molecule has 1 atom stereocenters. The minimum atomic E-state index is -3.55. The zero-order valence-corrected chi connectivity index (χ0v) is 13.8. The summed E-state index contributed by atoms with van der Waals surface area (Å²) in [4.78, 5) is 14.8. The maximum atomic E-state index is 12.2. The van der Waals surface area contributed by atoms with Crippen molar-refractivity contribution in [2.75, 3.05) is 6.54 Å². The average molecular weight is 346 g/mol. The molecule has 6 nitrogen and oxygen atoms in total. The molecule has 3 rings (SSSR count). The van der Waals surface area contributed by atoms with Crippen molar-refractivity contribution in [1.82, 2.24) is 9.71 Å². The van der Waals surface area contributed by atoms with Gasteiger partial charge in [-0.2, -0.15) is 0 Å². The number of hydrogen-bond donors (Lipinski definition) is 2. The molecule has 1 unspecified atom stereocenters. The van der Waals surface area contributed by atoms with Gasteiger partial charge in [-0.3, -0.25) is 9.78 Å². The molecule has 0 bridgehead atoms. The number of nitrogens with zero attached hydrogens (tertiary/aromatic N) is 1. The van der Waals surface area contributed by atoms with Gasteiger partial charge in [0.15, 0.2) is 0 Å². The summed E-state index contributed by atoms with van der Waals surface area (Å²) in [5.41, 5.74) is 3.05. The fourth-order valence-electron chi connectivity index (χ4n) is 3.01. The molecular weight excluding hydrogens is 328 g/mol. The zero-order valence-electron chi connectivity index (χ0n) is 13.0. The third kappa shape index (κ3) is 3.80. The summed E-state index contributed by atoms with van der Waals surface area (Å²) in [7, 11) is -3.55. The lowest BCUT2D eigenvalue weighted by Crippen LogP contribution is -2.29. The van der Waals surface area contributed by atoms with Gasteiger partial charge in [-0.1, -0.05) is 18.2 Å². The Morgan fingerprint density at radius 1 is 1.25 bits per heavy atom. The Hall–Kier alpha value is -2.25. The van der Waals surface area contributed by atoms with Gasteiger partial charge in [0.2, 0.25) is 10.0 Å². The number of carboxylic acid groups (broad SMARTS) is 1. The molecule has 0 saturated heterocycles. The Kier molecular flexibility index (Phi) is 4.64. The van der Waals surface area contributed by atoms with Crippen LogP contribution in [-0.4, -0.2) is 31.0 Å². The molecule has 1 aromatic heterocycles. The quantitative estimate of drug-likeness (QED) is 0.824. The number of fused-ring (bicyclic) bond motifs is 1. The van der Waals surface area contributed by atoms with Crippen molar-refractivity contribution in [3.05, 3.63) is 59.4 Å². The fourth-order valence-corrected chi connectivity index (χ4v) is 4.09. The number of benzene rings is 1. The van der Waals surface area contributed by atoms with Crippen LogP contribution in [0.5, 0.6) is 0 Å². The number of nitrogens with one attached hydrogen (secondary N) is 1. The van der Waals surface area contributed by atoms with E-state index in [1.165, 1.54) is 18.5 Å². The van der Waals surface area contributed by atoms with E-state index in [1.54, 1.807) is 6.07 Å². The molecule has 24 heavy (non-hydrogen) atoms. The highest BCUT2D eigenvalue weighted by molar-refractivity contribution is 7.89. The summed E-state index contributed by atoms with van der Waals surface area (Å²) < 4.78 is 27.1. The maximum Gasteiger partial charge on any atom is 0.307 e. The van der Waals surface area contributed by atoms with Crippen LogP contribution in [0.4, 0.5) is 0 Å². The second kappa shape index (κ2) is 6.70. The molecule has 0 saturated carbocycles. The molecule has 0 spiro atoms. The van der Waals surface area contributed by atoms with Crippen molar-refractivity contribution >= 4 is 16.0 Å². The number of carboxylic acids is 1. The molecule has 0 aliphatic heterocycles. The summed E-state index contributed by atoms with van der Waals surface area (Å²) in [6.07, 6.45) is 4.40. The highest BCUT2D eigenvalue weighted by Crippen LogP contribution is 2.27. The maximum absolute atomic E-state index is 12.2. The first kappa shape index (κ1) is 16.6. The van der Waals surface area contributed by atoms with E-state index >= 15 is 0 Å². The van der Waals surface area contributed by atoms with Crippen molar-refractivity contribution in [2.45, 2.75) is 24.2 Å². The Bertz CT molecular complexity index is 850. The van der Waals surface area contributed by atoms with E-state index in [0.717, 1.165) is 29.5 Å². The average Bonchev–Trinajstić information content (AvgIpc) is 2.95. The first-order chi connectivity index (χ1) is 11.4. The van der Waals surface area contributed by atoms with E-state index in [-0.39, 0.29) is 17.2 Å². The molecule has 2 N–H and O–H groups in total. The molecule has 0 fully saturated rings. The molecule has 126 valence electrons. The lowest BCUT2D eigenvalue weighted by atomic mass is 10.0. The van der Waals surface area contributed by atoms with E-state index in [2.05, 4.69) is 9.71 Å². The van der Waals surface area contributed by atoms with Gasteiger partial charge in [0, 0.05) is 18.9 Å². The Balaban J connectivity index is 1.63. The van der Waals surface area contributed by atoms with Gasteiger partial charge < -0.3 is 5.11 Å². The number of rotatable bonds is 6. The van der Waals surface area contributed by atoms with E-state index in [0.29, 0.717) is 6.54 Å². The van der Waals surface area contributed by atoms with Crippen LogP contribution >= 0.6 is 0 Å². The normalized spacial score (nSPS) is 16.8. The number of aliphatic carboxylic acids is 1. The third-order valence-electron chi connectivity index (χ3n) is 4.15. The molecule has 0 radical (unpaired) electrons. The van der Waals surface area contributed by atoms with Gasteiger partial charge >= 0.3 is 5.97 Å². The van der Waals surface area contributed by atoms with Crippen LogP contribution in [0.1, 0.15) is 16.7 Å².